The van der Waals surface area contributed by atoms with Gasteiger partial charge in [0.15, 0.2) is 0 Å². The standard InChI is InChI=1S/C13H16BrNO3/c1-18-12-8(6-10(15)13(16)17)5-7-3-2-4-9(7)11(12)14/h5,10H,2-4,6,15H2,1H3,(H,16,17). The minimum Gasteiger partial charge on any atom is -0.495 e. The van der Waals surface area contributed by atoms with Crippen molar-refractivity contribution in [3.8, 4) is 5.75 Å². The molecule has 98 valence electrons. The molecule has 1 unspecified atom stereocenters. The van der Waals surface area contributed by atoms with Gasteiger partial charge in [0, 0.05) is 6.42 Å². The molecule has 0 saturated carbocycles. The molecule has 1 aliphatic carbocycles. The largest absolute Gasteiger partial charge is 0.495 e. The summed E-state index contributed by atoms with van der Waals surface area (Å²) in [4.78, 5) is 10.8. The molecule has 1 atom stereocenters. The van der Waals surface area contributed by atoms with E-state index in [4.69, 9.17) is 15.6 Å². The number of carbonyl (C=O) groups is 1. The second-order valence-electron chi connectivity index (χ2n) is 4.52. The van der Waals surface area contributed by atoms with E-state index in [-0.39, 0.29) is 6.42 Å². The van der Waals surface area contributed by atoms with Crippen molar-refractivity contribution in [1.82, 2.24) is 0 Å². The Labute approximate surface area is 114 Å². The summed E-state index contributed by atoms with van der Waals surface area (Å²) < 4.78 is 6.34. The normalized spacial score (nSPS) is 15.3. The highest BCUT2D eigenvalue weighted by Gasteiger charge is 2.23. The van der Waals surface area contributed by atoms with Crippen LogP contribution in [0.4, 0.5) is 0 Å². The maximum Gasteiger partial charge on any atom is 0.320 e. The minimum absolute atomic E-state index is 0.282. The van der Waals surface area contributed by atoms with E-state index in [1.165, 1.54) is 11.1 Å². The third-order valence-electron chi connectivity index (χ3n) is 3.33. The van der Waals surface area contributed by atoms with Gasteiger partial charge in [-0.2, -0.15) is 0 Å². The van der Waals surface area contributed by atoms with Crippen molar-refractivity contribution in [3.05, 3.63) is 27.2 Å². The maximum absolute atomic E-state index is 10.8. The number of halogens is 1. The molecule has 0 saturated heterocycles. The smallest absolute Gasteiger partial charge is 0.320 e. The second-order valence-corrected chi connectivity index (χ2v) is 5.32. The molecular formula is C13H16BrNO3. The first-order chi connectivity index (χ1) is 8.54. The van der Waals surface area contributed by atoms with Crippen molar-refractivity contribution < 1.29 is 14.6 Å². The van der Waals surface area contributed by atoms with E-state index in [0.29, 0.717) is 5.75 Å². The first kappa shape index (κ1) is 13.4. The molecule has 0 aromatic heterocycles. The molecule has 1 aliphatic rings. The van der Waals surface area contributed by atoms with Crippen LogP contribution in [0.3, 0.4) is 0 Å². The van der Waals surface area contributed by atoms with Crippen LogP contribution in [0.2, 0.25) is 0 Å². The summed E-state index contributed by atoms with van der Waals surface area (Å²) in [6.07, 6.45) is 3.49. The Balaban J connectivity index is 2.40. The number of methoxy groups -OCH3 is 1. The Hall–Kier alpha value is -1.07. The number of aryl methyl sites for hydroxylation is 1. The van der Waals surface area contributed by atoms with Crippen LogP contribution in [0.15, 0.2) is 10.5 Å². The summed E-state index contributed by atoms with van der Waals surface area (Å²) in [7, 11) is 1.59. The zero-order valence-electron chi connectivity index (χ0n) is 10.2. The van der Waals surface area contributed by atoms with E-state index in [9.17, 15) is 4.79 Å². The highest BCUT2D eigenvalue weighted by atomic mass is 79.9. The molecule has 1 aromatic rings. The van der Waals surface area contributed by atoms with E-state index in [1.54, 1.807) is 7.11 Å². The number of benzene rings is 1. The SMILES string of the molecule is COc1c(CC(N)C(=O)O)cc2c(c1Br)CCC2. The number of fused-ring (bicyclic) bond motifs is 1. The van der Waals surface area contributed by atoms with E-state index in [1.807, 2.05) is 6.07 Å². The second kappa shape index (κ2) is 5.28. The fourth-order valence-corrected chi connectivity index (χ4v) is 3.30. The zero-order valence-corrected chi connectivity index (χ0v) is 11.8. The van der Waals surface area contributed by atoms with Gasteiger partial charge in [0.25, 0.3) is 0 Å². The predicted molar refractivity (Wildman–Crippen MR) is 72.0 cm³/mol. The fraction of sp³-hybridized carbons (Fsp3) is 0.462. The zero-order chi connectivity index (χ0) is 13.3. The molecule has 0 heterocycles. The number of nitrogens with two attached hydrogens (primary N) is 1. The third kappa shape index (κ3) is 2.37. The summed E-state index contributed by atoms with van der Waals surface area (Å²) in [6.45, 7) is 0. The van der Waals surface area contributed by atoms with Crippen molar-refractivity contribution >= 4 is 21.9 Å². The summed E-state index contributed by atoms with van der Waals surface area (Å²) >= 11 is 3.56. The van der Waals surface area contributed by atoms with E-state index < -0.39 is 12.0 Å². The lowest BCUT2D eigenvalue weighted by molar-refractivity contribution is -0.138. The molecule has 0 radical (unpaired) electrons. The summed E-state index contributed by atoms with van der Waals surface area (Å²) in [5.74, 6) is -0.277. The van der Waals surface area contributed by atoms with Gasteiger partial charge in [-0.25, -0.2) is 0 Å². The van der Waals surface area contributed by atoms with Gasteiger partial charge in [-0.05, 0) is 51.9 Å². The van der Waals surface area contributed by atoms with Gasteiger partial charge in [-0.1, -0.05) is 6.07 Å². The first-order valence-corrected chi connectivity index (χ1v) is 6.69. The molecule has 0 amide bonds. The summed E-state index contributed by atoms with van der Waals surface area (Å²) in [5.41, 5.74) is 9.01. The van der Waals surface area contributed by atoms with Gasteiger partial charge in [-0.3, -0.25) is 4.79 Å². The fourth-order valence-electron chi connectivity index (χ4n) is 2.43. The lowest BCUT2D eigenvalue weighted by Crippen LogP contribution is -2.32. The number of carboxylic acid groups (broad SMARTS) is 1. The van der Waals surface area contributed by atoms with Crippen molar-refractivity contribution in [3.63, 3.8) is 0 Å². The van der Waals surface area contributed by atoms with Crippen molar-refractivity contribution in [2.24, 2.45) is 5.73 Å². The Morgan fingerprint density at radius 2 is 2.33 bits per heavy atom. The van der Waals surface area contributed by atoms with Gasteiger partial charge in [0.1, 0.15) is 11.8 Å². The monoisotopic (exact) mass is 313 g/mol. The molecule has 0 bridgehead atoms. The Bertz CT molecular complexity index is 488. The van der Waals surface area contributed by atoms with Gasteiger partial charge >= 0.3 is 5.97 Å². The summed E-state index contributed by atoms with van der Waals surface area (Å²) in [5, 5.41) is 8.89. The third-order valence-corrected chi connectivity index (χ3v) is 4.16. The molecule has 18 heavy (non-hydrogen) atoms. The van der Waals surface area contributed by atoms with Crippen LogP contribution in [-0.4, -0.2) is 24.2 Å². The Kier molecular flexibility index (Phi) is 3.92. The van der Waals surface area contributed by atoms with Crippen LogP contribution >= 0.6 is 15.9 Å². The topological polar surface area (TPSA) is 72.5 Å². The summed E-state index contributed by atoms with van der Waals surface area (Å²) in [6, 6.07) is 1.14. The molecule has 3 N–H and O–H groups in total. The average molecular weight is 314 g/mol. The quantitative estimate of drug-likeness (QED) is 0.890. The number of hydrogen-bond donors (Lipinski definition) is 2. The van der Waals surface area contributed by atoms with Crippen LogP contribution in [0.1, 0.15) is 23.1 Å². The first-order valence-electron chi connectivity index (χ1n) is 5.90. The lowest BCUT2D eigenvalue weighted by atomic mass is 10.00. The molecular weight excluding hydrogens is 298 g/mol. The minimum atomic E-state index is -0.992. The molecule has 2 rings (SSSR count). The van der Waals surface area contributed by atoms with Crippen LogP contribution in [-0.2, 0) is 24.1 Å². The highest BCUT2D eigenvalue weighted by Crippen LogP contribution is 2.39. The van der Waals surface area contributed by atoms with Gasteiger partial charge in [0.2, 0.25) is 0 Å². The number of aliphatic carboxylic acids is 1. The van der Waals surface area contributed by atoms with E-state index in [0.717, 1.165) is 29.3 Å². The number of carboxylic acids is 1. The maximum atomic E-state index is 10.8. The van der Waals surface area contributed by atoms with Crippen LogP contribution in [0.5, 0.6) is 5.75 Å². The van der Waals surface area contributed by atoms with Gasteiger partial charge in [0.05, 0.1) is 11.6 Å². The number of rotatable bonds is 4. The Morgan fingerprint density at radius 3 is 2.94 bits per heavy atom. The molecule has 0 aliphatic heterocycles. The number of ether oxygens (including phenoxy) is 1. The molecule has 0 fully saturated rings. The number of hydrogen-bond acceptors (Lipinski definition) is 3. The predicted octanol–water partition coefficient (Wildman–Crippen LogP) is 1.90. The average Bonchev–Trinajstić information content (AvgIpc) is 2.77. The van der Waals surface area contributed by atoms with Crippen LogP contribution < -0.4 is 10.5 Å². The van der Waals surface area contributed by atoms with E-state index >= 15 is 0 Å². The lowest BCUT2D eigenvalue weighted by Gasteiger charge is -2.16. The van der Waals surface area contributed by atoms with Crippen LogP contribution in [0.25, 0.3) is 0 Å². The van der Waals surface area contributed by atoms with Gasteiger partial charge < -0.3 is 15.6 Å². The Morgan fingerprint density at radius 1 is 1.61 bits per heavy atom. The molecule has 1 aromatic carbocycles. The molecule has 5 heteroatoms. The highest BCUT2D eigenvalue weighted by molar-refractivity contribution is 9.10. The van der Waals surface area contributed by atoms with Crippen LogP contribution in [0, 0.1) is 0 Å². The van der Waals surface area contributed by atoms with Crippen molar-refractivity contribution in [2.75, 3.05) is 7.11 Å². The molecule has 4 nitrogen and oxygen atoms in total. The van der Waals surface area contributed by atoms with Gasteiger partial charge in [-0.15, -0.1) is 0 Å². The van der Waals surface area contributed by atoms with Crippen molar-refractivity contribution in [2.45, 2.75) is 31.7 Å². The molecule has 0 spiro atoms. The van der Waals surface area contributed by atoms with E-state index in [2.05, 4.69) is 15.9 Å². The van der Waals surface area contributed by atoms with Crippen molar-refractivity contribution in [1.29, 1.82) is 0 Å².